The minimum Gasteiger partial charge on any atom is -0.484 e. The minimum atomic E-state index is -0.428. The summed E-state index contributed by atoms with van der Waals surface area (Å²) < 4.78 is 11.6. The van der Waals surface area contributed by atoms with Gasteiger partial charge in [-0.15, -0.1) is 0 Å². The molecule has 0 unspecified atom stereocenters. The Morgan fingerprint density at radius 2 is 1.61 bits per heavy atom. The maximum atomic E-state index is 5.80. The zero-order chi connectivity index (χ0) is 13.8. The molecule has 18 heavy (non-hydrogen) atoms. The van der Waals surface area contributed by atoms with Crippen molar-refractivity contribution in [3.8, 4) is 11.5 Å². The Labute approximate surface area is 110 Å². The van der Waals surface area contributed by atoms with Crippen LogP contribution >= 0.6 is 0 Å². The van der Waals surface area contributed by atoms with Gasteiger partial charge >= 0.3 is 0 Å². The minimum absolute atomic E-state index is 0.410. The van der Waals surface area contributed by atoms with E-state index in [0.717, 1.165) is 5.75 Å². The molecule has 97 valence electrons. The standard InChI is InChI=1S/C16H21O2/c1-7-15(3,4)17-13-10-9-11-14(12-13)18-16(5,6)8-2/h7-10,12H,1-2H2,3-6H3. The molecule has 2 nitrogen and oxygen atoms in total. The Morgan fingerprint density at radius 3 is 2.17 bits per heavy atom. The molecule has 0 saturated heterocycles. The van der Waals surface area contributed by atoms with E-state index in [1.54, 1.807) is 18.2 Å². The molecule has 0 aromatic heterocycles. The van der Waals surface area contributed by atoms with Gasteiger partial charge in [0.15, 0.2) is 0 Å². The first-order chi connectivity index (χ1) is 8.28. The molecule has 0 aliphatic heterocycles. The van der Waals surface area contributed by atoms with Crippen LogP contribution in [-0.4, -0.2) is 11.2 Å². The molecule has 1 radical (unpaired) electrons. The molecule has 0 spiro atoms. The zero-order valence-corrected chi connectivity index (χ0v) is 11.6. The summed E-state index contributed by atoms with van der Waals surface area (Å²) in [5.74, 6) is 1.37. The third kappa shape index (κ3) is 4.28. The summed E-state index contributed by atoms with van der Waals surface area (Å²) in [7, 11) is 0. The van der Waals surface area contributed by atoms with Gasteiger partial charge in [-0.05, 0) is 52.0 Å². The molecule has 0 aliphatic carbocycles. The first-order valence-corrected chi connectivity index (χ1v) is 5.95. The average Bonchev–Trinajstić information content (AvgIpc) is 2.28. The maximum absolute atomic E-state index is 5.80. The molecule has 0 atom stereocenters. The second kappa shape index (κ2) is 5.30. The van der Waals surface area contributed by atoms with Crippen molar-refractivity contribution in [2.75, 3.05) is 0 Å². The lowest BCUT2D eigenvalue weighted by Crippen LogP contribution is -2.26. The van der Waals surface area contributed by atoms with E-state index < -0.39 is 11.2 Å². The fraction of sp³-hybridized carbons (Fsp3) is 0.375. The molecule has 1 aromatic rings. The maximum Gasteiger partial charge on any atom is 0.132 e. The molecule has 2 heteroatoms. The summed E-state index contributed by atoms with van der Waals surface area (Å²) in [6, 6.07) is 8.47. The van der Waals surface area contributed by atoms with Gasteiger partial charge in [-0.1, -0.05) is 13.2 Å². The van der Waals surface area contributed by atoms with Gasteiger partial charge in [0.1, 0.15) is 22.7 Å². The number of benzene rings is 1. The number of hydrogen-bond donors (Lipinski definition) is 0. The van der Waals surface area contributed by atoms with Crippen molar-refractivity contribution in [2.45, 2.75) is 38.9 Å². The Hall–Kier alpha value is -1.70. The van der Waals surface area contributed by atoms with E-state index in [2.05, 4.69) is 19.2 Å². The van der Waals surface area contributed by atoms with Crippen molar-refractivity contribution in [1.29, 1.82) is 0 Å². The zero-order valence-electron chi connectivity index (χ0n) is 11.6. The van der Waals surface area contributed by atoms with E-state index in [1.165, 1.54) is 0 Å². The molecule has 1 rings (SSSR count). The third-order valence-electron chi connectivity index (χ3n) is 2.48. The first kappa shape index (κ1) is 14.4. The normalized spacial score (nSPS) is 11.8. The summed E-state index contributed by atoms with van der Waals surface area (Å²) in [5.41, 5.74) is -0.838. The van der Waals surface area contributed by atoms with Crippen LogP contribution < -0.4 is 9.47 Å². The van der Waals surface area contributed by atoms with Gasteiger partial charge in [-0.2, -0.15) is 0 Å². The van der Waals surface area contributed by atoms with Gasteiger partial charge in [0, 0.05) is 12.1 Å². The van der Waals surface area contributed by atoms with Crippen LogP contribution in [-0.2, 0) is 0 Å². The smallest absolute Gasteiger partial charge is 0.132 e. The predicted octanol–water partition coefficient (Wildman–Crippen LogP) is 4.17. The molecule has 0 fully saturated rings. The fourth-order valence-electron chi connectivity index (χ4n) is 1.22. The molecular weight excluding hydrogens is 224 g/mol. The predicted molar refractivity (Wildman–Crippen MR) is 75.1 cm³/mol. The van der Waals surface area contributed by atoms with E-state index >= 15 is 0 Å². The lowest BCUT2D eigenvalue weighted by molar-refractivity contribution is 0.151. The summed E-state index contributed by atoms with van der Waals surface area (Å²) in [4.78, 5) is 0. The van der Waals surface area contributed by atoms with Crippen molar-refractivity contribution >= 4 is 0 Å². The van der Waals surface area contributed by atoms with E-state index in [9.17, 15) is 0 Å². The Balaban J connectivity index is 2.86. The third-order valence-corrected chi connectivity index (χ3v) is 2.48. The van der Waals surface area contributed by atoms with Crippen LogP contribution in [0.15, 0.2) is 43.5 Å². The van der Waals surface area contributed by atoms with Gasteiger partial charge < -0.3 is 9.47 Å². The Bertz CT molecular complexity index is 393. The number of rotatable bonds is 6. The highest BCUT2D eigenvalue weighted by Gasteiger charge is 2.17. The van der Waals surface area contributed by atoms with Gasteiger partial charge in [0.2, 0.25) is 0 Å². The molecule has 0 heterocycles. The van der Waals surface area contributed by atoms with Crippen LogP contribution in [0.5, 0.6) is 11.5 Å². The van der Waals surface area contributed by atoms with Gasteiger partial charge in [0.25, 0.3) is 0 Å². The molecule has 0 amide bonds. The summed E-state index contributed by atoms with van der Waals surface area (Å²) in [6.07, 6.45) is 3.51. The summed E-state index contributed by atoms with van der Waals surface area (Å²) >= 11 is 0. The van der Waals surface area contributed by atoms with E-state index in [0.29, 0.717) is 5.75 Å². The highest BCUT2D eigenvalue weighted by Crippen LogP contribution is 2.26. The molecule has 0 bridgehead atoms. The quantitative estimate of drug-likeness (QED) is 0.700. The van der Waals surface area contributed by atoms with Crippen LogP contribution in [0.25, 0.3) is 0 Å². The fourth-order valence-corrected chi connectivity index (χ4v) is 1.22. The molecule has 1 aromatic carbocycles. The highest BCUT2D eigenvalue weighted by atomic mass is 16.5. The van der Waals surface area contributed by atoms with Crippen LogP contribution in [0.3, 0.4) is 0 Å². The van der Waals surface area contributed by atoms with Crippen molar-refractivity contribution in [1.82, 2.24) is 0 Å². The largest absolute Gasteiger partial charge is 0.484 e. The van der Waals surface area contributed by atoms with E-state index in [1.807, 2.05) is 39.8 Å². The lowest BCUT2D eigenvalue weighted by Gasteiger charge is -2.25. The van der Waals surface area contributed by atoms with Crippen molar-refractivity contribution < 1.29 is 9.47 Å². The van der Waals surface area contributed by atoms with Crippen molar-refractivity contribution in [3.63, 3.8) is 0 Å². The number of hydrogen-bond acceptors (Lipinski definition) is 2. The topological polar surface area (TPSA) is 18.5 Å². The first-order valence-electron chi connectivity index (χ1n) is 5.95. The Kier molecular flexibility index (Phi) is 4.23. The average molecular weight is 245 g/mol. The van der Waals surface area contributed by atoms with Crippen LogP contribution in [0.1, 0.15) is 27.7 Å². The second-order valence-electron chi connectivity index (χ2n) is 5.21. The van der Waals surface area contributed by atoms with E-state index in [-0.39, 0.29) is 0 Å². The SMILES string of the molecule is C=CC(C)(C)Oc1[c]ccc(OC(C)(C)C=C)c1. The molecule has 0 saturated carbocycles. The molecule has 0 aliphatic rings. The van der Waals surface area contributed by atoms with Crippen LogP contribution in [0.4, 0.5) is 0 Å². The summed E-state index contributed by atoms with van der Waals surface area (Å²) in [6.45, 7) is 15.3. The van der Waals surface area contributed by atoms with Gasteiger partial charge in [0.05, 0.1) is 0 Å². The van der Waals surface area contributed by atoms with Crippen LogP contribution in [0.2, 0.25) is 0 Å². The lowest BCUT2D eigenvalue weighted by atomic mass is 10.1. The molecule has 0 N–H and O–H groups in total. The highest BCUT2D eigenvalue weighted by molar-refractivity contribution is 5.33. The van der Waals surface area contributed by atoms with Crippen molar-refractivity contribution in [3.05, 3.63) is 49.6 Å². The molecular formula is C16H21O2. The van der Waals surface area contributed by atoms with Crippen molar-refractivity contribution in [2.24, 2.45) is 0 Å². The summed E-state index contributed by atoms with van der Waals surface area (Å²) in [5, 5.41) is 0. The van der Waals surface area contributed by atoms with Crippen LogP contribution in [0, 0.1) is 6.07 Å². The monoisotopic (exact) mass is 245 g/mol. The van der Waals surface area contributed by atoms with E-state index in [4.69, 9.17) is 9.47 Å². The Morgan fingerprint density at radius 1 is 1.06 bits per heavy atom. The second-order valence-corrected chi connectivity index (χ2v) is 5.21. The number of ether oxygens (including phenoxy) is 2. The van der Waals surface area contributed by atoms with Gasteiger partial charge in [-0.3, -0.25) is 0 Å². The van der Waals surface area contributed by atoms with Gasteiger partial charge in [-0.25, -0.2) is 0 Å².